The number of rotatable bonds is 3. The lowest BCUT2D eigenvalue weighted by molar-refractivity contribution is -0.132. The smallest absolute Gasteiger partial charge is 0.270 e. The zero-order valence-electron chi connectivity index (χ0n) is 18.0. The maximum Gasteiger partial charge on any atom is 0.270 e. The van der Waals surface area contributed by atoms with Gasteiger partial charge in [-0.15, -0.1) is 0 Å². The highest BCUT2D eigenvalue weighted by Crippen LogP contribution is 2.47. The average molecular weight is 433 g/mol. The van der Waals surface area contributed by atoms with Crippen molar-refractivity contribution >= 4 is 23.2 Å². The van der Waals surface area contributed by atoms with Crippen LogP contribution in [0, 0.1) is 5.92 Å². The first-order valence-electron chi connectivity index (χ1n) is 10.5. The number of thiazole rings is 1. The number of nitrogens with zero attached hydrogens (tertiary/aromatic N) is 2. The first-order valence-corrected chi connectivity index (χ1v) is 11.3. The van der Waals surface area contributed by atoms with Crippen LogP contribution in [0.1, 0.15) is 56.3 Å². The summed E-state index contributed by atoms with van der Waals surface area (Å²) in [5, 5.41) is 0. The van der Waals surface area contributed by atoms with Crippen molar-refractivity contribution in [3.05, 3.63) is 84.9 Å². The van der Waals surface area contributed by atoms with Crippen LogP contribution in [0.4, 0.5) is 0 Å². The molecule has 6 heteroatoms. The Balaban J connectivity index is 1.73. The number of Topliss-reactive ketones (excluding diaryl/α,β-unsaturated/α-hetero) is 1. The molecule has 0 spiro atoms. The fraction of sp³-hybridized carbons (Fsp3) is 0.320. The van der Waals surface area contributed by atoms with E-state index >= 15 is 0 Å². The molecule has 31 heavy (non-hydrogen) atoms. The second-order valence-corrected chi connectivity index (χ2v) is 9.74. The number of hydrogen-bond acceptors (Lipinski definition) is 5. The Morgan fingerprint density at radius 2 is 1.90 bits per heavy atom. The zero-order valence-corrected chi connectivity index (χ0v) is 18.8. The fourth-order valence-corrected chi connectivity index (χ4v) is 5.78. The van der Waals surface area contributed by atoms with Crippen LogP contribution in [-0.4, -0.2) is 16.1 Å². The Labute approximate surface area is 184 Å². The van der Waals surface area contributed by atoms with Gasteiger partial charge in [0.1, 0.15) is 17.5 Å². The quantitative estimate of drug-likeness (QED) is 0.637. The number of hydrogen-bond donors (Lipinski definition) is 0. The van der Waals surface area contributed by atoms with Crippen LogP contribution in [0.15, 0.2) is 58.3 Å². The lowest BCUT2D eigenvalue weighted by Crippen LogP contribution is -2.58. The minimum atomic E-state index is -1.03. The van der Waals surface area contributed by atoms with Gasteiger partial charge in [-0.1, -0.05) is 67.6 Å². The van der Waals surface area contributed by atoms with E-state index in [1.165, 1.54) is 16.9 Å². The highest BCUT2D eigenvalue weighted by atomic mass is 32.1. The van der Waals surface area contributed by atoms with E-state index in [9.17, 15) is 9.59 Å². The zero-order chi connectivity index (χ0) is 21.9. The summed E-state index contributed by atoms with van der Waals surface area (Å²) in [6.07, 6.45) is 1.90. The Morgan fingerprint density at radius 3 is 2.58 bits per heavy atom. The van der Waals surface area contributed by atoms with E-state index in [1.54, 1.807) is 11.5 Å². The number of carbonyl (C=O) groups is 1. The van der Waals surface area contributed by atoms with Crippen LogP contribution < -0.4 is 19.6 Å². The van der Waals surface area contributed by atoms with E-state index in [2.05, 4.69) is 26.0 Å². The van der Waals surface area contributed by atoms with Gasteiger partial charge >= 0.3 is 0 Å². The normalized spacial score (nSPS) is 24.2. The highest BCUT2D eigenvalue weighted by Gasteiger charge is 2.53. The van der Waals surface area contributed by atoms with Gasteiger partial charge in [-0.3, -0.25) is 14.2 Å². The average Bonchev–Trinajstić information content (AvgIpc) is 3.01. The molecule has 3 heterocycles. The second-order valence-electron chi connectivity index (χ2n) is 8.73. The summed E-state index contributed by atoms with van der Waals surface area (Å²) in [4.78, 5) is 31.5. The van der Waals surface area contributed by atoms with Gasteiger partial charge in [0.15, 0.2) is 4.80 Å². The molecule has 0 N–H and O–H groups in total. The monoisotopic (exact) mass is 432 g/mol. The number of para-hydroxylation sites is 1. The molecule has 0 fully saturated rings. The molecule has 2 bridgehead atoms. The number of ether oxygens (including phenoxy) is 1. The van der Waals surface area contributed by atoms with Crippen LogP contribution in [-0.2, 0) is 4.79 Å². The van der Waals surface area contributed by atoms with Gasteiger partial charge < -0.3 is 4.74 Å². The molecule has 3 aromatic rings. The second kappa shape index (κ2) is 7.02. The minimum absolute atomic E-state index is 0.0377. The largest absolute Gasteiger partial charge is 0.465 e. The van der Waals surface area contributed by atoms with Crippen molar-refractivity contribution < 1.29 is 9.53 Å². The van der Waals surface area contributed by atoms with Crippen LogP contribution in [0.5, 0.6) is 5.75 Å². The first kappa shape index (κ1) is 19.9. The van der Waals surface area contributed by atoms with Crippen LogP contribution in [0.2, 0.25) is 0 Å². The van der Waals surface area contributed by atoms with Gasteiger partial charge in [0.2, 0.25) is 5.72 Å². The minimum Gasteiger partial charge on any atom is -0.465 e. The molecule has 0 aliphatic carbocycles. The summed E-state index contributed by atoms with van der Waals surface area (Å²) in [7, 11) is 0. The van der Waals surface area contributed by atoms with E-state index in [0.29, 0.717) is 21.0 Å². The molecule has 158 valence electrons. The molecule has 3 atom stereocenters. The van der Waals surface area contributed by atoms with E-state index in [4.69, 9.17) is 9.73 Å². The molecular formula is C25H24N2O3S. The SMILES string of the molecule is CC(=O)[C@H]1[C@@H]2c3ccccc3O[C@]1(C)N=c1s/c(=C\c3ccc(C(C)C)cc3)c(=O)n12. The van der Waals surface area contributed by atoms with Gasteiger partial charge in [0, 0.05) is 5.56 Å². The van der Waals surface area contributed by atoms with Crippen molar-refractivity contribution in [2.45, 2.75) is 45.4 Å². The molecule has 5 nitrogen and oxygen atoms in total. The fourth-order valence-electron chi connectivity index (χ4n) is 4.68. The molecular weight excluding hydrogens is 408 g/mol. The topological polar surface area (TPSA) is 60.7 Å². The maximum atomic E-state index is 13.5. The van der Waals surface area contributed by atoms with Gasteiger partial charge in [0.25, 0.3) is 5.56 Å². The number of ketones is 1. The molecule has 2 aromatic carbocycles. The van der Waals surface area contributed by atoms with Gasteiger partial charge in [-0.2, -0.15) is 0 Å². The molecule has 0 saturated carbocycles. The van der Waals surface area contributed by atoms with Crippen molar-refractivity contribution in [2.24, 2.45) is 10.9 Å². The summed E-state index contributed by atoms with van der Waals surface area (Å²) in [5.41, 5.74) is 1.93. The Bertz CT molecular complexity index is 1370. The standard InChI is InChI=1S/C25H24N2O3S/c1-14(2)17-11-9-16(10-12-17)13-20-23(29)27-22-18-7-5-6-8-19(18)30-25(4,21(22)15(3)28)26-24(27)31-20/h5-14,21-22H,1-4H3/b20-13-/t21-,22-,25-/m0/s1. The summed E-state index contributed by atoms with van der Waals surface area (Å²) in [6.45, 7) is 7.70. The number of aromatic nitrogens is 1. The maximum absolute atomic E-state index is 13.5. The van der Waals surface area contributed by atoms with Crippen molar-refractivity contribution in [1.29, 1.82) is 0 Å². The summed E-state index contributed by atoms with van der Waals surface area (Å²) in [5.74, 6) is 0.538. The predicted octanol–water partition coefficient (Wildman–Crippen LogP) is 3.40. The van der Waals surface area contributed by atoms with Crippen molar-refractivity contribution in [3.63, 3.8) is 0 Å². The van der Waals surface area contributed by atoms with E-state index in [0.717, 1.165) is 11.1 Å². The van der Waals surface area contributed by atoms with Crippen molar-refractivity contribution in [2.75, 3.05) is 0 Å². The summed E-state index contributed by atoms with van der Waals surface area (Å²) in [6, 6.07) is 15.4. The number of benzene rings is 2. The van der Waals surface area contributed by atoms with Crippen LogP contribution in [0.3, 0.4) is 0 Å². The summed E-state index contributed by atoms with van der Waals surface area (Å²) >= 11 is 1.35. The molecule has 2 aliphatic heterocycles. The third-order valence-electron chi connectivity index (χ3n) is 6.22. The van der Waals surface area contributed by atoms with Gasteiger partial charge in [-0.05, 0) is 43.0 Å². The molecule has 5 rings (SSSR count). The van der Waals surface area contributed by atoms with Gasteiger partial charge in [-0.25, -0.2) is 4.99 Å². The molecule has 0 unspecified atom stereocenters. The third-order valence-corrected chi connectivity index (χ3v) is 7.20. The highest BCUT2D eigenvalue weighted by molar-refractivity contribution is 7.07. The van der Waals surface area contributed by atoms with E-state index in [1.807, 2.05) is 49.4 Å². The lowest BCUT2D eigenvalue weighted by atomic mass is 9.79. The van der Waals surface area contributed by atoms with Crippen molar-refractivity contribution in [1.82, 2.24) is 4.57 Å². The number of carbonyl (C=O) groups excluding carboxylic acids is 1. The van der Waals surface area contributed by atoms with E-state index in [-0.39, 0.29) is 11.3 Å². The number of fused-ring (bicyclic) bond motifs is 6. The lowest BCUT2D eigenvalue weighted by Gasteiger charge is -2.45. The molecule has 2 aliphatic rings. The first-order chi connectivity index (χ1) is 14.8. The molecule has 0 radical (unpaired) electrons. The predicted molar refractivity (Wildman–Crippen MR) is 121 cm³/mol. The van der Waals surface area contributed by atoms with E-state index < -0.39 is 17.7 Å². The summed E-state index contributed by atoms with van der Waals surface area (Å²) < 4.78 is 8.51. The van der Waals surface area contributed by atoms with Crippen LogP contribution >= 0.6 is 11.3 Å². The Kier molecular flexibility index (Phi) is 4.52. The Hall–Kier alpha value is -2.99. The molecule has 0 amide bonds. The Morgan fingerprint density at radius 1 is 1.19 bits per heavy atom. The van der Waals surface area contributed by atoms with Crippen LogP contribution in [0.25, 0.3) is 6.08 Å². The van der Waals surface area contributed by atoms with Gasteiger partial charge in [0.05, 0.1) is 10.6 Å². The third kappa shape index (κ3) is 3.08. The molecule has 0 saturated heterocycles. The molecule has 1 aromatic heterocycles. The van der Waals surface area contributed by atoms with Crippen molar-refractivity contribution in [3.8, 4) is 5.75 Å².